The molecule has 1 aromatic rings. The highest BCUT2D eigenvalue weighted by Crippen LogP contribution is 2.34. The van der Waals surface area contributed by atoms with E-state index in [2.05, 4.69) is 0 Å². The number of rotatable bonds is 6. The van der Waals surface area contributed by atoms with Crippen molar-refractivity contribution in [3.63, 3.8) is 0 Å². The molecule has 9 heteroatoms. The Kier molecular flexibility index (Phi) is 7.36. The Hall–Kier alpha value is -2.99. The number of amides is 3. The molecule has 0 saturated carbocycles. The standard InChI is InChI=1S/C21H23N3O5S/c1-28-17-12-15(6-7-16(17)29-11-8-22)13-18-20(26)24(21(27)30-18)14-19(25)23-9-4-2-3-5-10-23/h6-7,12-13H,2-5,9-11,14H2,1H3/b18-13-. The predicted molar refractivity (Wildman–Crippen MR) is 112 cm³/mol. The normalized spacial score (nSPS) is 18.3. The van der Waals surface area contributed by atoms with Gasteiger partial charge in [-0.05, 0) is 48.4 Å². The van der Waals surface area contributed by atoms with E-state index in [-0.39, 0.29) is 24.0 Å². The Morgan fingerprint density at radius 3 is 2.60 bits per heavy atom. The number of carbonyl (C=O) groups is 3. The van der Waals surface area contributed by atoms with Gasteiger partial charge in [0.25, 0.3) is 11.1 Å². The second kappa shape index (κ2) is 10.2. The smallest absolute Gasteiger partial charge is 0.294 e. The number of nitrogens with zero attached hydrogens (tertiary/aromatic N) is 3. The van der Waals surface area contributed by atoms with Gasteiger partial charge in [0.2, 0.25) is 5.91 Å². The quantitative estimate of drug-likeness (QED) is 0.641. The molecule has 158 valence electrons. The largest absolute Gasteiger partial charge is 0.493 e. The number of nitriles is 1. The van der Waals surface area contributed by atoms with E-state index in [4.69, 9.17) is 14.7 Å². The Bertz CT molecular complexity index is 900. The molecule has 2 heterocycles. The number of ether oxygens (including phenoxy) is 2. The van der Waals surface area contributed by atoms with Gasteiger partial charge in [-0.3, -0.25) is 19.3 Å². The highest BCUT2D eigenvalue weighted by Gasteiger charge is 2.37. The van der Waals surface area contributed by atoms with Gasteiger partial charge in [-0.2, -0.15) is 5.26 Å². The average Bonchev–Trinajstić information content (AvgIpc) is 2.95. The Morgan fingerprint density at radius 1 is 1.20 bits per heavy atom. The van der Waals surface area contributed by atoms with Crippen LogP contribution in [0.4, 0.5) is 4.79 Å². The summed E-state index contributed by atoms with van der Waals surface area (Å²) in [6.07, 6.45) is 5.67. The van der Waals surface area contributed by atoms with Crippen LogP contribution in [0.3, 0.4) is 0 Å². The minimum atomic E-state index is -0.475. The number of imide groups is 1. The van der Waals surface area contributed by atoms with Crippen LogP contribution in [0.15, 0.2) is 23.1 Å². The van der Waals surface area contributed by atoms with E-state index in [1.165, 1.54) is 7.11 Å². The van der Waals surface area contributed by atoms with Crippen LogP contribution in [0.2, 0.25) is 0 Å². The highest BCUT2D eigenvalue weighted by atomic mass is 32.2. The van der Waals surface area contributed by atoms with Crippen LogP contribution in [0.25, 0.3) is 6.08 Å². The van der Waals surface area contributed by atoms with Crippen LogP contribution in [-0.4, -0.2) is 60.2 Å². The molecular formula is C21H23N3O5S. The molecule has 2 aliphatic rings. The predicted octanol–water partition coefficient (Wildman–Crippen LogP) is 3.04. The molecule has 2 saturated heterocycles. The van der Waals surface area contributed by atoms with Crippen molar-refractivity contribution in [2.45, 2.75) is 25.7 Å². The summed E-state index contributed by atoms with van der Waals surface area (Å²) in [6.45, 7) is 1.00. The maximum atomic E-state index is 12.7. The lowest BCUT2D eigenvalue weighted by molar-refractivity contribution is -0.135. The fraction of sp³-hybridized carbons (Fsp3) is 0.429. The van der Waals surface area contributed by atoms with Gasteiger partial charge < -0.3 is 14.4 Å². The molecule has 30 heavy (non-hydrogen) atoms. The van der Waals surface area contributed by atoms with Gasteiger partial charge in [0.1, 0.15) is 12.6 Å². The molecular weight excluding hydrogens is 406 g/mol. The summed E-state index contributed by atoms with van der Waals surface area (Å²) in [7, 11) is 1.47. The molecule has 3 amide bonds. The van der Waals surface area contributed by atoms with Crippen molar-refractivity contribution in [2.75, 3.05) is 33.4 Å². The summed E-state index contributed by atoms with van der Waals surface area (Å²) in [5.41, 5.74) is 0.639. The second-order valence-corrected chi connectivity index (χ2v) is 7.91. The molecule has 2 fully saturated rings. The second-order valence-electron chi connectivity index (χ2n) is 6.92. The first kappa shape index (κ1) is 21.7. The summed E-state index contributed by atoms with van der Waals surface area (Å²) in [6, 6.07) is 6.88. The molecule has 0 radical (unpaired) electrons. The molecule has 2 aliphatic heterocycles. The van der Waals surface area contributed by atoms with Gasteiger partial charge in [0.05, 0.1) is 12.0 Å². The van der Waals surface area contributed by atoms with Gasteiger partial charge in [0.15, 0.2) is 18.1 Å². The van der Waals surface area contributed by atoms with E-state index in [0.717, 1.165) is 42.3 Å². The van der Waals surface area contributed by atoms with E-state index in [0.29, 0.717) is 30.2 Å². The van der Waals surface area contributed by atoms with Gasteiger partial charge in [-0.25, -0.2) is 0 Å². The number of carbonyl (C=O) groups excluding carboxylic acids is 3. The van der Waals surface area contributed by atoms with E-state index in [1.54, 1.807) is 29.2 Å². The minimum Gasteiger partial charge on any atom is -0.493 e. The van der Waals surface area contributed by atoms with Gasteiger partial charge >= 0.3 is 0 Å². The van der Waals surface area contributed by atoms with Crippen molar-refractivity contribution in [2.24, 2.45) is 0 Å². The van der Waals surface area contributed by atoms with E-state index < -0.39 is 11.1 Å². The Labute approximate surface area is 179 Å². The highest BCUT2D eigenvalue weighted by molar-refractivity contribution is 8.18. The van der Waals surface area contributed by atoms with Crippen LogP contribution in [0.1, 0.15) is 31.2 Å². The first-order chi connectivity index (χ1) is 14.5. The molecule has 3 rings (SSSR count). The molecule has 1 aromatic carbocycles. The van der Waals surface area contributed by atoms with Crippen molar-refractivity contribution >= 4 is 34.9 Å². The summed E-state index contributed by atoms with van der Waals surface area (Å²) < 4.78 is 10.5. The van der Waals surface area contributed by atoms with Crippen LogP contribution in [-0.2, 0) is 9.59 Å². The zero-order chi connectivity index (χ0) is 21.5. The summed E-state index contributed by atoms with van der Waals surface area (Å²) >= 11 is 0.814. The van der Waals surface area contributed by atoms with Crippen LogP contribution < -0.4 is 9.47 Å². The van der Waals surface area contributed by atoms with Crippen molar-refractivity contribution < 1.29 is 23.9 Å². The number of methoxy groups -OCH3 is 1. The molecule has 0 spiro atoms. The fourth-order valence-electron chi connectivity index (χ4n) is 3.35. The average molecular weight is 429 g/mol. The SMILES string of the molecule is COc1cc(/C=C2\SC(=O)N(CC(=O)N3CCCCCC3)C2=O)ccc1OCC#N. The van der Waals surface area contributed by atoms with Gasteiger partial charge in [-0.15, -0.1) is 0 Å². The molecule has 0 atom stereocenters. The summed E-state index contributed by atoms with van der Waals surface area (Å²) in [5.74, 6) is 0.153. The maximum absolute atomic E-state index is 12.7. The summed E-state index contributed by atoms with van der Waals surface area (Å²) in [4.78, 5) is 40.6. The Balaban J connectivity index is 1.71. The fourth-order valence-corrected chi connectivity index (χ4v) is 4.18. The maximum Gasteiger partial charge on any atom is 0.294 e. The number of likely N-dealkylation sites (tertiary alicyclic amines) is 1. The first-order valence-electron chi connectivity index (χ1n) is 9.74. The third-order valence-electron chi connectivity index (χ3n) is 4.90. The van der Waals surface area contributed by atoms with Crippen molar-refractivity contribution in [3.05, 3.63) is 28.7 Å². The Morgan fingerprint density at radius 2 is 1.93 bits per heavy atom. The van der Waals surface area contributed by atoms with E-state index in [1.807, 2.05) is 6.07 Å². The molecule has 8 nitrogen and oxygen atoms in total. The van der Waals surface area contributed by atoms with Crippen LogP contribution in [0, 0.1) is 11.3 Å². The number of thioether (sulfide) groups is 1. The van der Waals surface area contributed by atoms with Crippen LogP contribution in [0.5, 0.6) is 11.5 Å². The van der Waals surface area contributed by atoms with Gasteiger partial charge in [-0.1, -0.05) is 18.9 Å². The molecule has 0 aromatic heterocycles. The molecule has 0 bridgehead atoms. The lowest BCUT2D eigenvalue weighted by Crippen LogP contribution is -2.42. The zero-order valence-electron chi connectivity index (χ0n) is 16.8. The van der Waals surface area contributed by atoms with Gasteiger partial charge in [0, 0.05) is 13.1 Å². The van der Waals surface area contributed by atoms with E-state index >= 15 is 0 Å². The van der Waals surface area contributed by atoms with Crippen molar-refractivity contribution in [1.29, 1.82) is 5.26 Å². The first-order valence-corrected chi connectivity index (χ1v) is 10.6. The number of hydrogen-bond donors (Lipinski definition) is 0. The third kappa shape index (κ3) is 5.13. The minimum absolute atomic E-state index is 0.111. The van der Waals surface area contributed by atoms with Crippen molar-refractivity contribution in [3.8, 4) is 17.6 Å². The lowest BCUT2D eigenvalue weighted by atomic mass is 10.2. The number of benzene rings is 1. The van der Waals surface area contributed by atoms with E-state index in [9.17, 15) is 14.4 Å². The topological polar surface area (TPSA) is 99.9 Å². The monoisotopic (exact) mass is 429 g/mol. The number of hydrogen-bond acceptors (Lipinski definition) is 7. The molecule has 0 aliphatic carbocycles. The summed E-state index contributed by atoms with van der Waals surface area (Å²) in [5, 5.41) is 8.20. The van der Waals surface area contributed by atoms with Crippen LogP contribution >= 0.6 is 11.8 Å². The third-order valence-corrected chi connectivity index (χ3v) is 5.81. The lowest BCUT2D eigenvalue weighted by Gasteiger charge is -2.22. The zero-order valence-corrected chi connectivity index (χ0v) is 17.6. The molecule has 0 unspecified atom stereocenters. The van der Waals surface area contributed by atoms with Crippen molar-refractivity contribution in [1.82, 2.24) is 9.80 Å². The molecule has 0 N–H and O–H groups in total.